The van der Waals surface area contributed by atoms with Crippen LogP contribution in [0.1, 0.15) is 31.4 Å². The molecule has 2 heteroatoms. The molecule has 0 radical (unpaired) electrons. The van der Waals surface area contributed by atoms with Crippen LogP contribution >= 0.6 is 15.9 Å². The highest BCUT2D eigenvalue weighted by molar-refractivity contribution is 9.09. The Morgan fingerprint density at radius 2 is 2.07 bits per heavy atom. The van der Waals surface area contributed by atoms with Gasteiger partial charge in [0.25, 0.3) is 0 Å². The molecule has 1 rings (SSSR count). The molecule has 0 fully saturated rings. The number of aryl methyl sites for hydroxylation is 1. The summed E-state index contributed by atoms with van der Waals surface area (Å²) in [6, 6.07) is 5.04. The van der Waals surface area contributed by atoms with Crippen LogP contribution in [0.3, 0.4) is 0 Å². The van der Waals surface area contributed by atoms with E-state index in [0.29, 0.717) is 0 Å². The molecule has 0 saturated heterocycles. The lowest BCUT2D eigenvalue weighted by Gasteiger charge is -2.26. The summed E-state index contributed by atoms with van der Waals surface area (Å²) >= 11 is 3.54. The third-order valence-electron chi connectivity index (χ3n) is 3.10. The molecule has 0 spiro atoms. The van der Waals surface area contributed by atoms with Crippen molar-refractivity contribution >= 4 is 15.9 Å². The first-order valence-electron chi connectivity index (χ1n) is 5.32. The number of rotatable bonds is 4. The van der Waals surface area contributed by atoms with Crippen LogP contribution in [0.15, 0.2) is 18.2 Å². The van der Waals surface area contributed by atoms with Crippen LogP contribution < -0.4 is 0 Å². The quantitative estimate of drug-likeness (QED) is 0.709. The summed E-state index contributed by atoms with van der Waals surface area (Å²) in [5.41, 5.74) is 2.52. The zero-order chi connectivity index (χ0) is 11.5. The Morgan fingerprint density at radius 1 is 1.40 bits per heavy atom. The molecule has 0 N–H and O–H groups in total. The normalized spacial score (nSPS) is 15.0. The van der Waals surface area contributed by atoms with Gasteiger partial charge in [0, 0.05) is 5.33 Å². The van der Waals surface area contributed by atoms with Crippen molar-refractivity contribution in [3.8, 4) is 0 Å². The van der Waals surface area contributed by atoms with Gasteiger partial charge in [0.1, 0.15) is 5.82 Å². The predicted octanol–water partition coefficient (Wildman–Crippen LogP) is 4.49. The molecular formula is C13H18BrF. The number of halogens is 2. The SMILES string of the molecule is CCC(C)(CBr)Cc1cc(F)ccc1C. The van der Waals surface area contributed by atoms with E-state index in [0.717, 1.165) is 23.7 Å². The molecule has 1 unspecified atom stereocenters. The summed E-state index contributed by atoms with van der Waals surface area (Å²) in [5, 5.41) is 0.951. The largest absolute Gasteiger partial charge is 0.207 e. The summed E-state index contributed by atoms with van der Waals surface area (Å²) in [5.74, 6) is -0.136. The van der Waals surface area contributed by atoms with Gasteiger partial charge in [-0.05, 0) is 48.4 Å². The van der Waals surface area contributed by atoms with Crippen LogP contribution in [-0.2, 0) is 6.42 Å². The topological polar surface area (TPSA) is 0 Å². The molecule has 15 heavy (non-hydrogen) atoms. The van der Waals surface area contributed by atoms with E-state index < -0.39 is 0 Å². The van der Waals surface area contributed by atoms with E-state index in [-0.39, 0.29) is 11.2 Å². The second kappa shape index (κ2) is 5.11. The van der Waals surface area contributed by atoms with Gasteiger partial charge in [-0.25, -0.2) is 4.39 Å². The Labute approximate surface area is 100 Å². The maximum absolute atomic E-state index is 13.1. The second-order valence-electron chi connectivity index (χ2n) is 4.55. The first-order valence-corrected chi connectivity index (χ1v) is 6.44. The van der Waals surface area contributed by atoms with E-state index in [1.165, 1.54) is 11.6 Å². The Hall–Kier alpha value is -0.370. The van der Waals surface area contributed by atoms with E-state index in [9.17, 15) is 4.39 Å². The van der Waals surface area contributed by atoms with Gasteiger partial charge in [-0.3, -0.25) is 0 Å². The summed E-state index contributed by atoms with van der Waals surface area (Å²) in [7, 11) is 0. The van der Waals surface area contributed by atoms with Crippen molar-refractivity contribution in [2.45, 2.75) is 33.6 Å². The van der Waals surface area contributed by atoms with Gasteiger partial charge in [0.15, 0.2) is 0 Å². The highest BCUT2D eigenvalue weighted by Gasteiger charge is 2.21. The second-order valence-corrected chi connectivity index (χ2v) is 5.11. The zero-order valence-electron chi connectivity index (χ0n) is 9.61. The minimum Gasteiger partial charge on any atom is -0.207 e. The van der Waals surface area contributed by atoms with Crippen molar-refractivity contribution in [1.82, 2.24) is 0 Å². The van der Waals surface area contributed by atoms with Crippen LogP contribution in [0.2, 0.25) is 0 Å². The van der Waals surface area contributed by atoms with Gasteiger partial charge in [-0.15, -0.1) is 0 Å². The molecule has 1 atom stereocenters. The summed E-state index contributed by atoms with van der Waals surface area (Å²) in [4.78, 5) is 0. The Morgan fingerprint density at radius 3 is 2.60 bits per heavy atom. The maximum Gasteiger partial charge on any atom is 0.123 e. The van der Waals surface area contributed by atoms with E-state index in [1.807, 2.05) is 13.0 Å². The van der Waals surface area contributed by atoms with Crippen molar-refractivity contribution in [3.05, 3.63) is 35.1 Å². The van der Waals surface area contributed by atoms with Gasteiger partial charge in [0.2, 0.25) is 0 Å². The van der Waals surface area contributed by atoms with Gasteiger partial charge in [-0.1, -0.05) is 35.8 Å². The fraction of sp³-hybridized carbons (Fsp3) is 0.538. The van der Waals surface area contributed by atoms with Crippen molar-refractivity contribution in [1.29, 1.82) is 0 Å². The molecule has 1 aromatic rings. The standard InChI is InChI=1S/C13H18BrF/c1-4-13(3,9-14)8-11-7-12(15)6-5-10(11)2/h5-7H,4,8-9H2,1-3H3. The molecule has 0 amide bonds. The summed E-state index contributed by atoms with van der Waals surface area (Å²) in [6.07, 6.45) is 2.02. The molecular weight excluding hydrogens is 255 g/mol. The van der Waals surface area contributed by atoms with E-state index >= 15 is 0 Å². The molecule has 0 saturated carbocycles. The van der Waals surface area contributed by atoms with Gasteiger partial charge in [-0.2, -0.15) is 0 Å². The first kappa shape index (κ1) is 12.7. The monoisotopic (exact) mass is 272 g/mol. The lowest BCUT2D eigenvalue weighted by atomic mass is 9.82. The third-order valence-corrected chi connectivity index (χ3v) is 4.46. The van der Waals surface area contributed by atoms with E-state index in [2.05, 4.69) is 29.8 Å². The molecule has 0 heterocycles. The van der Waals surface area contributed by atoms with Gasteiger partial charge < -0.3 is 0 Å². The predicted molar refractivity (Wildman–Crippen MR) is 67.0 cm³/mol. The zero-order valence-corrected chi connectivity index (χ0v) is 11.2. The van der Waals surface area contributed by atoms with Crippen molar-refractivity contribution in [2.75, 3.05) is 5.33 Å². The maximum atomic E-state index is 13.1. The van der Waals surface area contributed by atoms with Crippen LogP contribution in [0.4, 0.5) is 4.39 Å². The number of benzene rings is 1. The molecule has 0 aliphatic carbocycles. The molecule has 0 bridgehead atoms. The summed E-state index contributed by atoms with van der Waals surface area (Å²) in [6.45, 7) is 6.45. The molecule has 0 aliphatic heterocycles. The molecule has 0 aliphatic rings. The number of alkyl halides is 1. The fourth-order valence-corrected chi connectivity index (χ4v) is 2.15. The molecule has 0 aromatic heterocycles. The molecule has 1 aromatic carbocycles. The lowest BCUT2D eigenvalue weighted by Crippen LogP contribution is -2.20. The Kier molecular flexibility index (Phi) is 4.32. The average molecular weight is 273 g/mol. The van der Waals surface area contributed by atoms with Crippen LogP contribution in [0, 0.1) is 18.2 Å². The minimum atomic E-state index is -0.136. The van der Waals surface area contributed by atoms with Gasteiger partial charge in [0.05, 0.1) is 0 Å². The Balaban J connectivity index is 2.92. The van der Waals surface area contributed by atoms with E-state index in [1.54, 1.807) is 6.07 Å². The minimum absolute atomic E-state index is 0.136. The van der Waals surface area contributed by atoms with Crippen LogP contribution in [0.25, 0.3) is 0 Å². The highest BCUT2D eigenvalue weighted by atomic mass is 79.9. The van der Waals surface area contributed by atoms with Crippen molar-refractivity contribution < 1.29 is 4.39 Å². The van der Waals surface area contributed by atoms with Crippen LogP contribution in [-0.4, -0.2) is 5.33 Å². The van der Waals surface area contributed by atoms with E-state index in [4.69, 9.17) is 0 Å². The van der Waals surface area contributed by atoms with Crippen molar-refractivity contribution in [2.24, 2.45) is 5.41 Å². The summed E-state index contributed by atoms with van der Waals surface area (Å²) < 4.78 is 13.1. The number of hydrogen-bond donors (Lipinski definition) is 0. The third kappa shape index (κ3) is 3.30. The lowest BCUT2D eigenvalue weighted by molar-refractivity contribution is 0.360. The van der Waals surface area contributed by atoms with Crippen molar-refractivity contribution in [3.63, 3.8) is 0 Å². The Bertz CT molecular complexity index is 329. The highest BCUT2D eigenvalue weighted by Crippen LogP contribution is 2.30. The average Bonchev–Trinajstić information content (AvgIpc) is 2.23. The number of hydrogen-bond acceptors (Lipinski definition) is 0. The van der Waals surface area contributed by atoms with Crippen LogP contribution in [0.5, 0.6) is 0 Å². The molecule has 0 nitrogen and oxygen atoms in total. The first-order chi connectivity index (χ1) is 7.00. The smallest absolute Gasteiger partial charge is 0.123 e. The van der Waals surface area contributed by atoms with Gasteiger partial charge >= 0.3 is 0 Å². The molecule has 84 valence electrons. The fourth-order valence-electron chi connectivity index (χ4n) is 1.56.